The largest absolute Gasteiger partial charge is 0.508 e. The zero-order chi connectivity index (χ0) is 22.7. The number of rotatable bonds is 5. The minimum absolute atomic E-state index is 0.0226. The number of benzene rings is 1. The third-order valence-electron chi connectivity index (χ3n) is 6.30. The number of hydrogen-bond donors (Lipinski definition) is 2. The van der Waals surface area contributed by atoms with Crippen molar-refractivity contribution < 1.29 is 23.1 Å². The van der Waals surface area contributed by atoms with Crippen LogP contribution in [-0.4, -0.2) is 53.1 Å². The van der Waals surface area contributed by atoms with Gasteiger partial charge in [0.05, 0.1) is 5.56 Å². The van der Waals surface area contributed by atoms with Gasteiger partial charge in [0.25, 0.3) is 0 Å². The van der Waals surface area contributed by atoms with Crippen LogP contribution in [0, 0.1) is 5.92 Å². The first-order valence-corrected chi connectivity index (χ1v) is 10.9. The highest BCUT2D eigenvalue weighted by atomic mass is 19.4. The van der Waals surface area contributed by atoms with Gasteiger partial charge in [0.15, 0.2) is 0 Å². The summed E-state index contributed by atoms with van der Waals surface area (Å²) in [7, 11) is 0. The second-order valence-electron chi connectivity index (χ2n) is 8.47. The van der Waals surface area contributed by atoms with Crippen molar-refractivity contribution in [1.29, 1.82) is 0 Å². The van der Waals surface area contributed by atoms with E-state index in [2.05, 4.69) is 10.3 Å². The molecule has 2 heterocycles. The summed E-state index contributed by atoms with van der Waals surface area (Å²) < 4.78 is 38.9. The van der Waals surface area contributed by atoms with Crippen molar-refractivity contribution in [2.45, 2.75) is 38.0 Å². The molecule has 0 radical (unpaired) electrons. The Morgan fingerprint density at radius 2 is 1.81 bits per heavy atom. The van der Waals surface area contributed by atoms with Gasteiger partial charge >= 0.3 is 6.18 Å². The Bertz CT molecular complexity index is 928. The van der Waals surface area contributed by atoms with Gasteiger partial charge in [-0.25, -0.2) is 4.98 Å². The van der Waals surface area contributed by atoms with E-state index in [1.807, 2.05) is 17.0 Å². The molecule has 2 unspecified atom stereocenters. The molecule has 2 aliphatic rings. The lowest BCUT2D eigenvalue weighted by molar-refractivity contribution is -0.137. The number of carbonyl (C=O) groups excluding carboxylic acids is 1. The number of pyridine rings is 1. The van der Waals surface area contributed by atoms with Crippen LogP contribution in [0.15, 0.2) is 42.6 Å². The van der Waals surface area contributed by atoms with Crippen molar-refractivity contribution in [1.82, 2.24) is 15.2 Å². The van der Waals surface area contributed by atoms with Gasteiger partial charge in [0.1, 0.15) is 11.6 Å². The van der Waals surface area contributed by atoms with Gasteiger partial charge in [0.2, 0.25) is 5.91 Å². The molecule has 0 spiro atoms. The standard InChI is InChI=1S/C23H27F3N4O2/c24-23(25,26)18-7-8-27-21(14-18)29-9-11-30(12-10-29)22(32)17-3-4-19(13-17)28-15-16-1-5-20(31)6-2-16/h1-2,5-8,14,17,19,28,31H,3-4,9-13,15H2. The molecular formula is C23H27F3N4O2. The van der Waals surface area contributed by atoms with Crippen molar-refractivity contribution in [2.24, 2.45) is 5.92 Å². The lowest BCUT2D eigenvalue weighted by Gasteiger charge is -2.36. The Morgan fingerprint density at radius 3 is 2.50 bits per heavy atom. The Kier molecular flexibility index (Phi) is 6.55. The third kappa shape index (κ3) is 5.32. The highest BCUT2D eigenvalue weighted by Gasteiger charge is 2.35. The first kappa shape index (κ1) is 22.4. The number of carbonyl (C=O) groups is 1. The van der Waals surface area contributed by atoms with Crippen LogP contribution >= 0.6 is 0 Å². The summed E-state index contributed by atoms with van der Waals surface area (Å²) in [5.74, 6) is 0.650. The minimum atomic E-state index is -4.40. The van der Waals surface area contributed by atoms with Crippen LogP contribution in [-0.2, 0) is 17.5 Å². The zero-order valence-corrected chi connectivity index (χ0v) is 17.7. The highest BCUT2D eigenvalue weighted by Crippen LogP contribution is 2.31. The summed E-state index contributed by atoms with van der Waals surface area (Å²) in [5.41, 5.74) is 0.370. The Balaban J connectivity index is 1.25. The first-order valence-electron chi connectivity index (χ1n) is 10.9. The number of piperazine rings is 1. The highest BCUT2D eigenvalue weighted by molar-refractivity contribution is 5.79. The fourth-order valence-corrected chi connectivity index (χ4v) is 4.45. The lowest BCUT2D eigenvalue weighted by atomic mass is 10.1. The number of amides is 1. The SMILES string of the molecule is O=C(C1CCC(NCc2ccc(O)cc2)C1)N1CCN(c2cc(C(F)(F)F)ccn2)CC1. The quantitative estimate of drug-likeness (QED) is 0.734. The maximum absolute atomic E-state index is 13.0. The Hall–Kier alpha value is -2.81. The molecule has 0 bridgehead atoms. The minimum Gasteiger partial charge on any atom is -0.508 e. The van der Waals surface area contributed by atoms with Crippen LogP contribution in [0.3, 0.4) is 0 Å². The maximum atomic E-state index is 13.0. The number of phenolic OH excluding ortho intramolecular Hbond substituents is 1. The van der Waals surface area contributed by atoms with Crippen LogP contribution in [0.25, 0.3) is 0 Å². The molecule has 1 amide bonds. The third-order valence-corrected chi connectivity index (χ3v) is 6.30. The Labute approximate surface area is 185 Å². The van der Waals surface area contributed by atoms with Crippen LogP contribution in [0.5, 0.6) is 5.75 Å². The van der Waals surface area contributed by atoms with Crippen molar-refractivity contribution in [2.75, 3.05) is 31.1 Å². The summed E-state index contributed by atoms with van der Waals surface area (Å²) >= 11 is 0. The molecule has 1 aliphatic heterocycles. The maximum Gasteiger partial charge on any atom is 0.416 e. The van der Waals surface area contributed by atoms with Gasteiger partial charge in [-0.3, -0.25) is 4.79 Å². The van der Waals surface area contributed by atoms with E-state index in [1.54, 1.807) is 17.0 Å². The number of aromatic nitrogens is 1. The number of phenols is 1. The summed E-state index contributed by atoms with van der Waals surface area (Å²) in [6.45, 7) is 2.59. The van der Waals surface area contributed by atoms with Crippen LogP contribution in [0.1, 0.15) is 30.4 Å². The molecule has 4 rings (SSSR count). The van der Waals surface area contributed by atoms with Gasteiger partial charge < -0.3 is 20.2 Å². The molecule has 6 nitrogen and oxygen atoms in total. The molecule has 9 heteroatoms. The fourth-order valence-electron chi connectivity index (χ4n) is 4.45. The molecule has 32 heavy (non-hydrogen) atoms. The number of anilines is 1. The molecule has 2 aromatic rings. The number of hydrogen-bond acceptors (Lipinski definition) is 5. The zero-order valence-electron chi connectivity index (χ0n) is 17.7. The van der Waals surface area contributed by atoms with Crippen molar-refractivity contribution >= 4 is 11.7 Å². The average Bonchev–Trinajstić information content (AvgIpc) is 3.27. The fraction of sp³-hybridized carbons (Fsp3) is 0.478. The van der Waals surface area contributed by atoms with E-state index in [-0.39, 0.29) is 23.6 Å². The van der Waals surface area contributed by atoms with E-state index in [9.17, 15) is 23.1 Å². The van der Waals surface area contributed by atoms with Gasteiger partial charge in [-0.2, -0.15) is 13.2 Å². The smallest absolute Gasteiger partial charge is 0.416 e. The van der Waals surface area contributed by atoms with Crippen LogP contribution in [0.2, 0.25) is 0 Å². The van der Waals surface area contributed by atoms with E-state index < -0.39 is 11.7 Å². The van der Waals surface area contributed by atoms with Gasteiger partial charge in [-0.05, 0) is 49.1 Å². The first-order chi connectivity index (χ1) is 15.3. The number of halogens is 3. The predicted molar refractivity (Wildman–Crippen MR) is 114 cm³/mol. The topological polar surface area (TPSA) is 68.7 Å². The molecule has 2 N–H and O–H groups in total. The summed E-state index contributed by atoms with van der Waals surface area (Å²) in [6.07, 6.45) is -0.666. The number of alkyl halides is 3. The lowest BCUT2D eigenvalue weighted by Crippen LogP contribution is -2.50. The normalized spacial score (nSPS) is 21.7. The van der Waals surface area contributed by atoms with E-state index in [0.29, 0.717) is 38.5 Å². The monoisotopic (exact) mass is 448 g/mol. The van der Waals surface area contributed by atoms with Crippen molar-refractivity contribution in [3.05, 3.63) is 53.7 Å². The molecule has 1 saturated carbocycles. The molecule has 1 aromatic carbocycles. The number of aromatic hydroxyl groups is 1. The molecule has 172 valence electrons. The summed E-state index contributed by atoms with van der Waals surface area (Å²) in [5, 5.41) is 12.9. The van der Waals surface area contributed by atoms with E-state index >= 15 is 0 Å². The molecule has 2 fully saturated rings. The second-order valence-corrected chi connectivity index (χ2v) is 8.47. The van der Waals surface area contributed by atoms with Gasteiger partial charge in [-0.15, -0.1) is 0 Å². The molecular weight excluding hydrogens is 421 g/mol. The molecule has 1 saturated heterocycles. The van der Waals surface area contributed by atoms with E-state index in [0.717, 1.165) is 37.0 Å². The van der Waals surface area contributed by atoms with Crippen molar-refractivity contribution in [3.63, 3.8) is 0 Å². The molecule has 1 aliphatic carbocycles. The number of nitrogens with zero attached hydrogens (tertiary/aromatic N) is 3. The molecule has 2 atom stereocenters. The molecule has 1 aromatic heterocycles. The van der Waals surface area contributed by atoms with Crippen LogP contribution < -0.4 is 10.2 Å². The van der Waals surface area contributed by atoms with E-state index in [1.165, 1.54) is 6.20 Å². The summed E-state index contributed by atoms with van der Waals surface area (Å²) in [6, 6.07) is 9.37. The predicted octanol–water partition coefficient (Wildman–Crippen LogP) is 3.41. The number of nitrogens with one attached hydrogen (secondary N) is 1. The van der Waals surface area contributed by atoms with Gasteiger partial charge in [-0.1, -0.05) is 12.1 Å². The van der Waals surface area contributed by atoms with Gasteiger partial charge in [0, 0.05) is 50.9 Å². The second kappa shape index (κ2) is 9.36. The summed E-state index contributed by atoms with van der Waals surface area (Å²) in [4.78, 5) is 20.7. The average molecular weight is 448 g/mol. The van der Waals surface area contributed by atoms with Crippen molar-refractivity contribution in [3.8, 4) is 5.75 Å². The van der Waals surface area contributed by atoms with E-state index in [4.69, 9.17) is 0 Å². The van der Waals surface area contributed by atoms with Crippen LogP contribution in [0.4, 0.5) is 19.0 Å². The Morgan fingerprint density at radius 1 is 1.09 bits per heavy atom.